The second kappa shape index (κ2) is 8.37. The molecule has 0 heterocycles. The third-order valence-electron chi connectivity index (χ3n) is 2.46. The molecule has 1 aromatic rings. The number of carbonyl (C=O) groups is 1. The highest BCUT2D eigenvalue weighted by atomic mass is 16.5. The first-order valence-electron chi connectivity index (χ1n) is 6.49. The molecule has 1 unspecified atom stereocenters. The van der Waals surface area contributed by atoms with E-state index >= 15 is 0 Å². The largest absolute Gasteiger partial charge is 0.490 e. The first-order chi connectivity index (χ1) is 9.19. The second-order valence-electron chi connectivity index (χ2n) is 4.05. The van der Waals surface area contributed by atoms with E-state index in [4.69, 9.17) is 14.6 Å². The molecule has 0 fully saturated rings. The van der Waals surface area contributed by atoms with Gasteiger partial charge in [-0.25, -0.2) is 0 Å². The van der Waals surface area contributed by atoms with Gasteiger partial charge in [0.15, 0.2) is 11.5 Å². The predicted octanol–water partition coefficient (Wildman–Crippen LogP) is 1.92. The van der Waals surface area contributed by atoms with E-state index in [9.17, 15) is 4.79 Å². The number of hydrogen-bond donors (Lipinski definition) is 2. The molecule has 1 aromatic carbocycles. The van der Waals surface area contributed by atoms with Gasteiger partial charge >= 0.3 is 5.97 Å². The maximum atomic E-state index is 11.0. The molecule has 0 aliphatic carbocycles. The molecule has 0 aliphatic rings. The summed E-state index contributed by atoms with van der Waals surface area (Å²) in [6.45, 7) is 5.13. The van der Waals surface area contributed by atoms with Crippen LogP contribution in [-0.2, 0) is 4.79 Å². The Kier molecular flexibility index (Phi) is 6.74. The van der Waals surface area contributed by atoms with Crippen LogP contribution in [0, 0.1) is 0 Å². The SMILES string of the molecule is CCCOc1ccccc1OCC(NCC)C(=O)O. The van der Waals surface area contributed by atoms with Gasteiger partial charge in [-0.1, -0.05) is 26.0 Å². The van der Waals surface area contributed by atoms with Gasteiger partial charge in [0.2, 0.25) is 0 Å². The first-order valence-corrected chi connectivity index (χ1v) is 6.49. The fourth-order valence-electron chi connectivity index (χ4n) is 1.54. The van der Waals surface area contributed by atoms with Crippen LogP contribution in [0.25, 0.3) is 0 Å². The molecule has 0 bridgehead atoms. The Labute approximate surface area is 113 Å². The molecule has 1 atom stereocenters. The minimum atomic E-state index is -0.922. The number of hydrogen-bond acceptors (Lipinski definition) is 4. The maximum absolute atomic E-state index is 11.0. The monoisotopic (exact) mass is 267 g/mol. The molecule has 5 nitrogen and oxygen atoms in total. The Bertz CT molecular complexity index is 395. The summed E-state index contributed by atoms with van der Waals surface area (Å²) in [5, 5.41) is 11.9. The van der Waals surface area contributed by atoms with Gasteiger partial charge in [0.25, 0.3) is 0 Å². The summed E-state index contributed by atoms with van der Waals surface area (Å²) in [5.74, 6) is 0.291. The van der Waals surface area contributed by atoms with Crippen molar-refractivity contribution >= 4 is 5.97 Å². The molecule has 1 rings (SSSR count). The van der Waals surface area contributed by atoms with Crippen molar-refractivity contribution in [2.45, 2.75) is 26.3 Å². The van der Waals surface area contributed by atoms with Crippen molar-refractivity contribution < 1.29 is 19.4 Å². The smallest absolute Gasteiger partial charge is 0.324 e. The summed E-state index contributed by atoms with van der Waals surface area (Å²) in [6.07, 6.45) is 0.906. The van der Waals surface area contributed by atoms with Crippen molar-refractivity contribution in [3.63, 3.8) is 0 Å². The molecule has 0 spiro atoms. The van der Waals surface area contributed by atoms with Gasteiger partial charge in [0.05, 0.1) is 6.61 Å². The topological polar surface area (TPSA) is 67.8 Å². The Balaban J connectivity index is 2.62. The van der Waals surface area contributed by atoms with Crippen molar-refractivity contribution in [2.24, 2.45) is 0 Å². The molecule has 19 heavy (non-hydrogen) atoms. The van der Waals surface area contributed by atoms with Crippen LogP contribution in [-0.4, -0.2) is 36.9 Å². The molecular formula is C14H21NO4. The van der Waals surface area contributed by atoms with Crippen LogP contribution in [0.1, 0.15) is 20.3 Å². The molecule has 0 amide bonds. The van der Waals surface area contributed by atoms with E-state index in [0.29, 0.717) is 24.7 Å². The van der Waals surface area contributed by atoms with Crippen molar-refractivity contribution in [2.75, 3.05) is 19.8 Å². The average Bonchev–Trinajstić information content (AvgIpc) is 2.41. The number of para-hydroxylation sites is 2. The lowest BCUT2D eigenvalue weighted by atomic mass is 10.3. The van der Waals surface area contributed by atoms with Crippen LogP contribution in [0.5, 0.6) is 11.5 Å². The first kappa shape index (κ1) is 15.3. The Hall–Kier alpha value is -1.75. The van der Waals surface area contributed by atoms with Gasteiger partial charge in [0.1, 0.15) is 12.6 Å². The van der Waals surface area contributed by atoms with Crippen LogP contribution in [0.3, 0.4) is 0 Å². The summed E-state index contributed by atoms with van der Waals surface area (Å²) in [4.78, 5) is 11.0. The lowest BCUT2D eigenvalue weighted by Gasteiger charge is -2.16. The van der Waals surface area contributed by atoms with E-state index in [-0.39, 0.29) is 6.61 Å². The van der Waals surface area contributed by atoms with E-state index in [2.05, 4.69) is 5.32 Å². The molecule has 0 radical (unpaired) electrons. The molecule has 2 N–H and O–H groups in total. The number of likely N-dealkylation sites (N-methyl/N-ethyl adjacent to an activating group) is 1. The average molecular weight is 267 g/mol. The van der Waals surface area contributed by atoms with Crippen LogP contribution in [0.2, 0.25) is 0 Å². The molecule has 0 aromatic heterocycles. The quantitative estimate of drug-likeness (QED) is 0.715. The second-order valence-corrected chi connectivity index (χ2v) is 4.05. The minimum absolute atomic E-state index is 0.0652. The predicted molar refractivity (Wildman–Crippen MR) is 72.8 cm³/mol. The Morgan fingerprint density at radius 3 is 2.42 bits per heavy atom. The van der Waals surface area contributed by atoms with Crippen LogP contribution in [0.4, 0.5) is 0 Å². The molecule has 5 heteroatoms. The van der Waals surface area contributed by atoms with Gasteiger partial charge in [0, 0.05) is 0 Å². The summed E-state index contributed by atoms with van der Waals surface area (Å²) in [7, 11) is 0. The molecule has 0 saturated carbocycles. The highest BCUT2D eigenvalue weighted by molar-refractivity contribution is 5.73. The molecular weight excluding hydrogens is 246 g/mol. The number of nitrogens with one attached hydrogen (secondary N) is 1. The number of benzene rings is 1. The normalized spacial score (nSPS) is 11.9. The fraction of sp³-hybridized carbons (Fsp3) is 0.500. The van der Waals surface area contributed by atoms with E-state index < -0.39 is 12.0 Å². The van der Waals surface area contributed by atoms with Crippen molar-refractivity contribution in [3.8, 4) is 11.5 Å². The lowest BCUT2D eigenvalue weighted by molar-refractivity contribution is -0.140. The Morgan fingerprint density at radius 1 is 1.26 bits per heavy atom. The number of ether oxygens (including phenoxy) is 2. The van der Waals surface area contributed by atoms with E-state index in [1.807, 2.05) is 32.0 Å². The standard InChI is InChI=1S/C14H21NO4/c1-3-9-18-12-7-5-6-8-13(12)19-10-11(14(16)17)15-4-2/h5-8,11,15H,3-4,9-10H2,1-2H3,(H,16,17). The van der Waals surface area contributed by atoms with E-state index in [1.54, 1.807) is 6.07 Å². The van der Waals surface area contributed by atoms with Crippen molar-refractivity contribution in [1.82, 2.24) is 5.32 Å². The third kappa shape index (κ3) is 5.18. The number of aliphatic carboxylic acids is 1. The fourth-order valence-corrected chi connectivity index (χ4v) is 1.54. The van der Waals surface area contributed by atoms with E-state index in [1.165, 1.54) is 0 Å². The van der Waals surface area contributed by atoms with Gasteiger partial charge < -0.3 is 19.9 Å². The third-order valence-corrected chi connectivity index (χ3v) is 2.46. The van der Waals surface area contributed by atoms with Gasteiger partial charge in [-0.15, -0.1) is 0 Å². The summed E-state index contributed by atoms with van der Waals surface area (Å²) >= 11 is 0. The summed E-state index contributed by atoms with van der Waals surface area (Å²) in [6, 6.07) is 6.56. The Morgan fingerprint density at radius 2 is 1.89 bits per heavy atom. The molecule has 0 aliphatic heterocycles. The van der Waals surface area contributed by atoms with Gasteiger partial charge in [-0.2, -0.15) is 0 Å². The zero-order chi connectivity index (χ0) is 14.1. The van der Waals surface area contributed by atoms with Crippen LogP contribution in [0.15, 0.2) is 24.3 Å². The van der Waals surface area contributed by atoms with Gasteiger partial charge in [-0.3, -0.25) is 4.79 Å². The highest BCUT2D eigenvalue weighted by Crippen LogP contribution is 2.26. The summed E-state index contributed by atoms with van der Waals surface area (Å²) < 4.78 is 11.1. The number of carboxylic acids is 1. The van der Waals surface area contributed by atoms with Crippen LogP contribution < -0.4 is 14.8 Å². The molecule has 106 valence electrons. The molecule has 0 saturated heterocycles. The minimum Gasteiger partial charge on any atom is -0.490 e. The van der Waals surface area contributed by atoms with E-state index in [0.717, 1.165) is 6.42 Å². The number of rotatable bonds is 9. The maximum Gasteiger partial charge on any atom is 0.324 e. The summed E-state index contributed by atoms with van der Waals surface area (Å²) in [5.41, 5.74) is 0. The number of carboxylic acid groups (broad SMARTS) is 1. The van der Waals surface area contributed by atoms with Crippen molar-refractivity contribution in [1.29, 1.82) is 0 Å². The van der Waals surface area contributed by atoms with Crippen LogP contribution >= 0.6 is 0 Å². The van der Waals surface area contributed by atoms with Gasteiger partial charge in [-0.05, 0) is 25.1 Å². The van der Waals surface area contributed by atoms with Crippen molar-refractivity contribution in [3.05, 3.63) is 24.3 Å². The zero-order valence-corrected chi connectivity index (χ0v) is 11.4. The zero-order valence-electron chi connectivity index (χ0n) is 11.4. The lowest BCUT2D eigenvalue weighted by Crippen LogP contribution is -2.41. The highest BCUT2D eigenvalue weighted by Gasteiger charge is 2.17.